The lowest BCUT2D eigenvalue weighted by Gasteiger charge is -2.57. The number of nitrogens with one attached hydrogen (secondary N) is 1. The summed E-state index contributed by atoms with van der Waals surface area (Å²) in [5.74, 6) is 7.56. The Balaban J connectivity index is 0.982. The van der Waals surface area contributed by atoms with Gasteiger partial charge in [0.05, 0.1) is 0 Å². The van der Waals surface area contributed by atoms with E-state index in [9.17, 15) is 0 Å². The molecule has 1 nitrogen and oxygen atoms in total. The molecule has 0 amide bonds. The van der Waals surface area contributed by atoms with Gasteiger partial charge in [-0.1, -0.05) is 13.3 Å². The van der Waals surface area contributed by atoms with Crippen LogP contribution in [0.15, 0.2) is 0 Å². The third-order valence-corrected chi connectivity index (χ3v) is 10.5. The van der Waals surface area contributed by atoms with Crippen molar-refractivity contribution >= 4 is 0 Å². The maximum Gasteiger partial charge on any atom is 0.0189 e. The molecule has 0 aromatic carbocycles. The van der Waals surface area contributed by atoms with Crippen molar-refractivity contribution in [1.29, 1.82) is 0 Å². The van der Waals surface area contributed by atoms with Gasteiger partial charge < -0.3 is 5.32 Å². The van der Waals surface area contributed by atoms with Gasteiger partial charge in [0.25, 0.3) is 0 Å². The van der Waals surface area contributed by atoms with Crippen LogP contribution in [-0.4, -0.2) is 12.1 Å². The Morgan fingerprint density at radius 3 is 1.59 bits per heavy atom. The number of hydrogen-bond acceptors (Lipinski definition) is 1. The van der Waals surface area contributed by atoms with Crippen LogP contribution in [0.2, 0.25) is 0 Å². The van der Waals surface area contributed by atoms with Crippen molar-refractivity contribution < 1.29 is 0 Å². The minimum absolute atomic E-state index is 0.578. The lowest BCUT2D eigenvalue weighted by molar-refractivity contribution is -0.0600. The van der Waals surface area contributed by atoms with Crippen molar-refractivity contribution in [2.24, 2.45) is 46.8 Å². The van der Waals surface area contributed by atoms with Crippen molar-refractivity contribution in [3.63, 3.8) is 0 Å². The molecular weight excluding hydrogens is 326 g/mol. The first-order chi connectivity index (χ1) is 13.1. The highest BCUT2D eigenvalue weighted by Crippen LogP contribution is 2.62. The van der Waals surface area contributed by atoms with Crippen LogP contribution in [-0.2, 0) is 0 Å². The van der Waals surface area contributed by atoms with Gasteiger partial charge in [-0.2, -0.15) is 0 Å². The fourth-order valence-corrected chi connectivity index (χ4v) is 10.2. The summed E-state index contributed by atoms with van der Waals surface area (Å²) in [6.07, 6.45) is 23.4. The quantitative estimate of drug-likeness (QED) is 0.535. The molecule has 8 aliphatic rings. The molecule has 8 bridgehead atoms. The molecule has 8 saturated carbocycles. The van der Waals surface area contributed by atoms with E-state index in [-0.39, 0.29) is 0 Å². The molecule has 0 aliphatic heterocycles. The van der Waals surface area contributed by atoms with Crippen LogP contribution in [0.3, 0.4) is 0 Å². The highest BCUT2D eigenvalue weighted by Gasteiger charge is 2.51. The highest BCUT2D eigenvalue weighted by atomic mass is 15.0. The van der Waals surface area contributed by atoms with Crippen molar-refractivity contribution in [1.82, 2.24) is 5.32 Å². The summed E-state index contributed by atoms with van der Waals surface area (Å²) in [6.45, 7) is 3.86. The molecule has 1 N–H and O–H groups in total. The van der Waals surface area contributed by atoms with Gasteiger partial charge in [-0.15, -0.1) is 0 Å². The highest BCUT2D eigenvalue weighted by molar-refractivity contribution is 5.06. The summed E-state index contributed by atoms with van der Waals surface area (Å²) < 4.78 is 0. The van der Waals surface area contributed by atoms with E-state index in [2.05, 4.69) is 12.2 Å². The monoisotopic (exact) mass is 369 g/mol. The van der Waals surface area contributed by atoms with E-state index >= 15 is 0 Å². The largest absolute Gasteiger partial charge is 0.311 e. The van der Waals surface area contributed by atoms with E-state index in [4.69, 9.17) is 0 Å². The topological polar surface area (TPSA) is 12.0 Å². The summed E-state index contributed by atoms with van der Waals surface area (Å²) in [5, 5.41) is 4.15. The fraction of sp³-hybridized carbons (Fsp3) is 1.00. The van der Waals surface area contributed by atoms with Gasteiger partial charge in [0, 0.05) is 5.54 Å². The second-order valence-corrected chi connectivity index (χ2v) is 13.0. The van der Waals surface area contributed by atoms with Gasteiger partial charge in [0.2, 0.25) is 0 Å². The molecule has 0 saturated heterocycles. The normalized spacial score (nSPS) is 53.2. The molecule has 0 aromatic rings. The Hall–Kier alpha value is -0.0400. The van der Waals surface area contributed by atoms with E-state index in [1.807, 2.05) is 0 Å². The van der Waals surface area contributed by atoms with Crippen molar-refractivity contribution in [2.45, 2.75) is 109 Å². The van der Waals surface area contributed by atoms with Crippen molar-refractivity contribution in [3.05, 3.63) is 0 Å². The van der Waals surface area contributed by atoms with E-state index in [0.29, 0.717) is 5.54 Å². The Morgan fingerprint density at radius 2 is 1.11 bits per heavy atom. The summed E-state index contributed by atoms with van der Waals surface area (Å²) in [7, 11) is 0. The number of rotatable bonds is 7. The summed E-state index contributed by atoms with van der Waals surface area (Å²) >= 11 is 0. The maximum absolute atomic E-state index is 4.15. The first kappa shape index (κ1) is 17.8. The van der Waals surface area contributed by atoms with Crippen LogP contribution < -0.4 is 5.32 Å². The van der Waals surface area contributed by atoms with Crippen molar-refractivity contribution in [3.8, 4) is 0 Å². The lowest BCUT2D eigenvalue weighted by Crippen LogP contribution is -2.58. The Bertz CT molecular complexity index is 492. The first-order valence-corrected chi connectivity index (χ1v) is 12.8. The van der Waals surface area contributed by atoms with Crippen LogP contribution in [0, 0.1) is 46.8 Å². The second kappa shape index (κ2) is 6.48. The maximum atomic E-state index is 4.15. The van der Waals surface area contributed by atoms with Gasteiger partial charge in [0.15, 0.2) is 0 Å². The molecule has 27 heavy (non-hydrogen) atoms. The summed E-state index contributed by atoms with van der Waals surface area (Å²) in [5.41, 5.74) is 1.38. The predicted octanol–water partition coefficient (Wildman–Crippen LogP) is 6.57. The van der Waals surface area contributed by atoms with Crippen LogP contribution >= 0.6 is 0 Å². The van der Waals surface area contributed by atoms with Gasteiger partial charge in [0.1, 0.15) is 0 Å². The molecule has 8 aliphatic carbocycles. The minimum atomic E-state index is 0.578. The third kappa shape index (κ3) is 3.32. The van der Waals surface area contributed by atoms with E-state index in [0.717, 1.165) is 46.8 Å². The smallest absolute Gasteiger partial charge is 0.0189 e. The molecule has 8 rings (SSSR count). The Kier molecular flexibility index (Phi) is 4.27. The Morgan fingerprint density at radius 1 is 0.667 bits per heavy atom. The molecule has 0 heterocycles. The van der Waals surface area contributed by atoms with Crippen LogP contribution in [0.4, 0.5) is 0 Å². The average Bonchev–Trinajstić information content (AvgIpc) is 2.57. The fourth-order valence-electron chi connectivity index (χ4n) is 10.2. The molecule has 1 unspecified atom stereocenters. The van der Waals surface area contributed by atoms with Crippen LogP contribution in [0.1, 0.15) is 103 Å². The molecule has 8 fully saturated rings. The second-order valence-electron chi connectivity index (χ2n) is 13.0. The molecule has 0 radical (unpaired) electrons. The zero-order valence-corrected chi connectivity index (χ0v) is 17.9. The molecule has 0 aromatic heterocycles. The van der Waals surface area contributed by atoms with Gasteiger partial charge >= 0.3 is 0 Å². The summed E-state index contributed by atoms with van der Waals surface area (Å²) in [6, 6.07) is 0. The zero-order valence-electron chi connectivity index (χ0n) is 17.9. The van der Waals surface area contributed by atoms with Crippen LogP contribution in [0.25, 0.3) is 0 Å². The minimum Gasteiger partial charge on any atom is -0.311 e. The lowest BCUT2D eigenvalue weighted by atomic mass is 9.48. The van der Waals surface area contributed by atoms with Gasteiger partial charge in [-0.05, 0) is 143 Å². The first-order valence-electron chi connectivity index (χ1n) is 12.8. The van der Waals surface area contributed by atoms with Gasteiger partial charge in [-0.25, -0.2) is 0 Å². The molecule has 1 atom stereocenters. The zero-order chi connectivity index (χ0) is 18.1. The Labute approximate surface area is 167 Å². The third-order valence-electron chi connectivity index (χ3n) is 10.5. The molecule has 1 heteroatoms. The molecule has 0 spiro atoms. The van der Waals surface area contributed by atoms with Crippen LogP contribution in [0.5, 0.6) is 0 Å². The predicted molar refractivity (Wildman–Crippen MR) is 113 cm³/mol. The molecule has 152 valence electrons. The van der Waals surface area contributed by atoms with Gasteiger partial charge in [-0.3, -0.25) is 0 Å². The van der Waals surface area contributed by atoms with Crippen molar-refractivity contribution in [2.75, 3.05) is 6.54 Å². The SMILES string of the molecule is CC(CCNC12CC3CC(CC(C3)C1)C2)CCC12CC3CC(CC(C3)C1)C2. The number of hydrogen-bond donors (Lipinski definition) is 1. The standard InChI is InChI=1S/C26H43N/c1-18(2-4-25-12-19-6-20(13-25)8-21(7-19)14-25)3-5-27-26-15-22-9-23(16-26)11-24(10-22)17-26/h18-24,27H,2-17H2,1H3. The average molecular weight is 370 g/mol. The van der Waals surface area contributed by atoms with E-state index in [1.54, 1.807) is 64.2 Å². The van der Waals surface area contributed by atoms with E-state index in [1.165, 1.54) is 38.6 Å². The van der Waals surface area contributed by atoms with E-state index < -0.39 is 0 Å². The molecular formula is C26H43N. The summed E-state index contributed by atoms with van der Waals surface area (Å²) in [4.78, 5) is 0.